The Morgan fingerprint density at radius 1 is 0.629 bits per heavy atom. The Kier molecular flexibility index (Phi) is 9.81. The van der Waals surface area contributed by atoms with Crippen LogP contribution in [0, 0.1) is 0 Å². The van der Waals surface area contributed by atoms with E-state index in [0.717, 1.165) is 16.7 Å². The molecule has 0 aliphatic carbocycles. The molecule has 4 rings (SSSR count). The molecule has 1 aliphatic heterocycles. The Labute approximate surface area is 206 Å². The summed E-state index contributed by atoms with van der Waals surface area (Å²) in [5, 5.41) is 0. The van der Waals surface area contributed by atoms with E-state index >= 15 is 4.39 Å². The number of hydrogen-bond acceptors (Lipinski definition) is 5. The Balaban J connectivity index is 1.55. The van der Waals surface area contributed by atoms with E-state index in [1.807, 2.05) is 97.9 Å². The summed E-state index contributed by atoms with van der Waals surface area (Å²) in [7, 11) is 0. The maximum atomic E-state index is 15.4. The number of hydrogen-bond donors (Lipinski definition) is 0. The fourth-order valence-corrected chi connectivity index (χ4v) is 4.10. The molecule has 3 aromatic rings. The fourth-order valence-electron chi connectivity index (χ4n) is 4.10. The van der Waals surface area contributed by atoms with Crippen LogP contribution in [0.3, 0.4) is 0 Å². The van der Waals surface area contributed by atoms with Crippen molar-refractivity contribution in [2.75, 3.05) is 13.2 Å². The second-order valence-corrected chi connectivity index (χ2v) is 8.47. The van der Waals surface area contributed by atoms with Gasteiger partial charge in [0.05, 0.1) is 26.4 Å². The average molecular weight is 481 g/mol. The summed E-state index contributed by atoms with van der Waals surface area (Å²) in [4.78, 5) is 0. The highest BCUT2D eigenvalue weighted by atomic mass is 19.1. The second kappa shape index (κ2) is 13.5. The van der Waals surface area contributed by atoms with Crippen molar-refractivity contribution in [2.45, 2.75) is 57.5 Å². The molecule has 5 nitrogen and oxygen atoms in total. The summed E-state index contributed by atoms with van der Waals surface area (Å²) >= 11 is 0. The van der Waals surface area contributed by atoms with Gasteiger partial charge in [0.1, 0.15) is 24.4 Å². The minimum atomic E-state index is -1.68. The molecule has 0 N–H and O–H groups in total. The maximum Gasteiger partial charge on any atom is 0.228 e. The third-order valence-electron chi connectivity index (χ3n) is 5.92. The third kappa shape index (κ3) is 7.43. The molecular weight excluding hydrogens is 447 g/mol. The van der Waals surface area contributed by atoms with E-state index in [2.05, 4.69) is 0 Å². The van der Waals surface area contributed by atoms with Crippen LogP contribution in [0.5, 0.6) is 0 Å². The highest BCUT2D eigenvalue weighted by Crippen LogP contribution is 2.31. The number of rotatable bonds is 12. The van der Waals surface area contributed by atoms with E-state index in [1.54, 1.807) is 0 Å². The van der Waals surface area contributed by atoms with Crippen molar-refractivity contribution in [1.82, 2.24) is 0 Å². The molecule has 35 heavy (non-hydrogen) atoms. The molecule has 6 heteroatoms. The average Bonchev–Trinajstić information content (AvgIpc) is 2.91. The van der Waals surface area contributed by atoms with E-state index in [9.17, 15) is 0 Å². The van der Waals surface area contributed by atoms with Gasteiger partial charge in [-0.1, -0.05) is 91.0 Å². The van der Waals surface area contributed by atoms with Crippen LogP contribution in [0.15, 0.2) is 91.0 Å². The zero-order valence-electron chi connectivity index (χ0n) is 20.0. The quantitative estimate of drug-likeness (QED) is 0.344. The van der Waals surface area contributed by atoms with Crippen LogP contribution in [0.25, 0.3) is 0 Å². The Hall–Kier alpha value is -2.61. The van der Waals surface area contributed by atoms with Gasteiger partial charge in [0.2, 0.25) is 6.36 Å². The lowest BCUT2D eigenvalue weighted by Gasteiger charge is -2.43. The van der Waals surface area contributed by atoms with Crippen LogP contribution in [-0.2, 0) is 43.5 Å². The molecule has 3 aromatic carbocycles. The lowest BCUT2D eigenvalue weighted by atomic mass is 9.98. The van der Waals surface area contributed by atoms with Gasteiger partial charge in [-0.05, 0) is 23.6 Å². The van der Waals surface area contributed by atoms with E-state index < -0.39 is 30.8 Å². The highest BCUT2D eigenvalue weighted by molar-refractivity contribution is 5.15. The molecule has 1 aliphatic rings. The minimum Gasteiger partial charge on any atom is -0.379 e. The van der Waals surface area contributed by atoms with Crippen molar-refractivity contribution < 1.29 is 28.1 Å². The van der Waals surface area contributed by atoms with Crippen molar-refractivity contribution in [1.29, 1.82) is 0 Å². The van der Waals surface area contributed by atoms with Crippen LogP contribution in [0.2, 0.25) is 0 Å². The molecule has 186 valence electrons. The second-order valence-electron chi connectivity index (χ2n) is 8.47. The summed E-state index contributed by atoms with van der Waals surface area (Å²) in [6, 6.07) is 29.3. The summed E-state index contributed by atoms with van der Waals surface area (Å²) < 4.78 is 45.5. The Bertz CT molecular complexity index is 972. The van der Waals surface area contributed by atoms with Crippen LogP contribution < -0.4 is 0 Å². The monoisotopic (exact) mass is 480 g/mol. The number of benzene rings is 3. The van der Waals surface area contributed by atoms with E-state index in [1.165, 1.54) is 0 Å². The van der Waals surface area contributed by atoms with Crippen molar-refractivity contribution >= 4 is 0 Å². The molecule has 0 saturated carbocycles. The van der Waals surface area contributed by atoms with Gasteiger partial charge in [0, 0.05) is 6.61 Å². The van der Waals surface area contributed by atoms with Crippen molar-refractivity contribution in [3.8, 4) is 0 Å². The van der Waals surface area contributed by atoms with Gasteiger partial charge in [-0.15, -0.1) is 0 Å². The van der Waals surface area contributed by atoms with Gasteiger partial charge in [-0.2, -0.15) is 0 Å². The molecule has 0 aromatic heterocycles. The first-order valence-corrected chi connectivity index (χ1v) is 12.1. The smallest absolute Gasteiger partial charge is 0.228 e. The zero-order chi connectivity index (χ0) is 24.3. The Morgan fingerprint density at radius 2 is 1.06 bits per heavy atom. The van der Waals surface area contributed by atoms with Gasteiger partial charge in [0.15, 0.2) is 0 Å². The van der Waals surface area contributed by atoms with Crippen molar-refractivity contribution in [2.24, 2.45) is 0 Å². The minimum absolute atomic E-state index is 0.201. The zero-order valence-corrected chi connectivity index (χ0v) is 20.0. The fraction of sp³-hybridized carbons (Fsp3) is 0.379. The molecule has 1 heterocycles. The predicted molar refractivity (Wildman–Crippen MR) is 131 cm³/mol. The maximum absolute atomic E-state index is 15.4. The summed E-state index contributed by atoms with van der Waals surface area (Å²) in [6.07, 6.45) is -4.56. The summed E-state index contributed by atoms with van der Waals surface area (Å²) in [5.74, 6) is 0. The largest absolute Gasteiger partial charge is 0.379 e. The molecule has 1 fully saturated rings. The predicted octanol–water partition coefficient (Wildman–Crippen LogP) is 5.47. The molecule has 3 unspecified atom stereocenters. The highest BCUT2D eigenvalue weighted by Gasteiger charge is 2.48. The van der Waals surface area contributed by atoms with Crippen LogP contribution in [-0.4, -0.2) is 44.0 Å². The third-order valence-corrected chi connectivity index (χ3v) is 5.92. The Morgan fingerprint density at radius 3 is 1.51 bits per heavy atom. The number of alkyl halides is 1. The van der Waals surface area contributed by atoms with Gasteiger partial charge in [-0.3, -0.25) is 0 Å². The lowest BCUT2D eigenvalue weighted by molar-refractivity contribution is -0.298. The summed E-state index contributed by atoms with van der Waals surface area (Å²) in [6.45, 7) is 3.46. The van der Waals surface area contributed by atoms with Crippen LogP contribution in [0.1, 0.15) is 23.6 Å². The SMILES string of the molecule is CCOCC1O[C@@H](F)C(OCc2ccccc2)C(OCc2ccccc2)[C@H]1OCc1ccccc1. The normalized spacial score (nSPS) is 24.3. The molecule has 5 atom stereocenters. The van der Waals surface area contributed by atoms with Gasteiger partial charge in [0.25, 0.3) is 0 Å². The van der Waals surface area contributed by atoms with Gasteiger partial charge in [-0.25, -0.2) is 4.39 Å². The van der Waals surface area contributed by atoms with E-state index in [-0.39, 0.29) is 13.2 Å². The first-order chi connectivity index (χ1) is 17.2. The van der Waals surface area contributed by atoms with Gasteiger partial charge >= 0.3 is 0 Å². The number of halogens is 1. The number of ether oxygens (including phenoxy) is 5. The first-order valence-electron chi connectivity index (χ1n) is 12.1. The topological polar surface area (TPSA) is 46.2 Å². The molecule has 0 amide bonds. The summed E-state index contributed by atoms with van der Waals surface area (Å²) in [5.41, 5.74) is 2.94. The first kappa shape index (κ1) is 25.5. The van der Waals surface area contributed by atoms with E-state index in [4.69, 9.17) is 23.7 Å². The van der Waals surface area contributed by atoms with Crippen molar-refractivity contribution in [3.63, 3.8) is 0 Å². The molecule has 1 saturated heterocycles. The standard InChI is InChI=1S/C29H33FO5/c1-2-31-21-25-26(32-18-22-12-6-3-7-13-22)27(33-19-23-14-8-4-9-15-23)28(29(30)35-25)34-20-24-16-10-5-11-17-24/h3-17,25-29H,2,18-21H2,1H3/t25?,26-,27?,28?,29+/m0/s1. The molecular formula is C29H33FO5. The molecule has 0 spiro atoms. The van der Waals surface area contributed by atoms with E-state index in [0.29, 0.717) is 19.8 Å². The lowest BCUT2D eigenvalue weighted by Crippen LogP contribution is -2.60. The van der Waals surface area contributed by atoms with Gasteiger partial charge < -0.3 is 23.7 Å². The van der Waals surface area contributed by atoms with Crippen molar-refractivity contribution in [3.05, 3.63) is 108 Å². The molecule has 0 radical (unpaired) electrons. The molecule has 0 bridgehead atoms. The van der Waals surface area contributed by atoms with Crippen LogP contribution >= 0.6 is 0 Å². The van der Waals surface area contributed by atoms with Crippen LogP contribution in [0.4, 0.5) is 4.39 Å².